The van der Waals surface area contributed by atoms with Gasteiger partial charge in [0, 0.05) is 43.1 Å². The zero-order chi connectivity index (χ0) is 23.2. The number of likely N-dealkylation sites (tertiary alicyclic amines) is 1. The monoisotopic (exact) mass is 450 g/mol. The van der Waals surface area contributed by atoms with Crippen molar-refractivity contribution < 1.29 is 24.3 Å². The van der Waals surface area contributed by atoms with Crippen LogP contribution in [-0.4, -0.2) is 87.7 Å². The summed E-state index contributed by atoms with van der Waals surface area (Å²) in [6.07, 6.45) is 1.96. The van der Waals surface area contributed by atoms with E-state index in [1.807, 2.05) is 13.8 Å². The first-order valence-electron chi connectivity index (χ1n) is 10.4. The summed E-state index contributed by atoms with van der Waals surface area (Å²) in [5, 5.41) is 17.5. The molecule has 2 fully saturated rings. The third kappa shape index (κ3) is 3.97. The van der Waals surface area contributed by atoms with Gasteiger partial charge in [-0.2, -0.15) is 0 Å². The van der Waals surface area contributed by atoms with Gasteiger partial charge in [0.2, 0.25) is 11.8 Å². The number of carbonyl (C=O) groups is 4. The van der Waals surface area contributed by atoms with E-state index in [1.54, 1.807) is 19.0 Å². The quantitative estimate of drug-likeness (QED) is 0.324. The highest BCUT2D eigenvalue weighted by atomic mass is 32.2. The standard InChI is InChI=1S/C21H30N4O5S/c1-10(6-11(2)26)15-16-12(3)18(17(21(29)30)25(16)20(15)28)31-13-7-14(19(27)23(4)5)24(8-13)9-22/h9-10,12-16,22H,6-8H2,1-5H3,(H,29,30)/t10-,12+,13-,14-,15+,16+/m0/s1. The molecule has 0 bridgehead atoms. The van der Waals surface area contributed by atoms with Crippen LogP contribution in [0.15, 0.2) is 10.6 Å². The number of Topliss-reactive ketones (excluding diaryl/α,β-unsaturated/α-hetero) is 1. The van der Waals surface area contributed by atoms with Crippen LogP contribution < -0.4 is 0 Å². The topological polar surface area (TPSA) is 122 Å². The molecule has 9 nitrogen and oxygen atoms in total. The normalized spacial score (nSPS) is 30.7. The van der Waals surface area contributed by atoms with E-state index >= 15 is 0 Å². The fourth-order valence-corrected chi connectivity index (χ4v) is 6.65. The van der Waals surface area contributed by atoms with Crippen LogP contribution in [-0.2, 0) is 19.2 Å². The Labute approximate surface area is 186 Å². The number of carboxylic acids is 1. The molecule has 3 heterocycles. The van der Waals surface area contributed by atoms with Crippen LogP contribution >= 0.6 is 11.8 Å². The lowest BCUT2D eigenvalue weighted by atomic mass is 9.73. The molecule has 0 unspecified atom stereocenters. The number of carbonyl (C=O) groups excluding carboxylic acids is 3. The van der Waals surface area contributed by atoms with Gasteiger partial charge in [0.1, 0.15) is 17.5 Å². The zero-order valence-electron chi connectivity index (χ0n) is 18.5. The number of nitrogens with zero attached hydrogens (tertiary/aromatic N) is 3. The van der Waals surface area contributed by atoms with Crippen LogP contribution in [0.4, 0.5) is 0 Å². The highest BCUT2D eigenvalue weighted by molar-refractivity contribution is 8.03. The lowest BCUT2D eigenvalue weighted by Crippen LogP contribution is -2.62. The molecule has 6 atom stereocenters. The number of hydrogen-bond acceptors (Lipinski definition) is 6. The summed E-state index contributed by atoms with van der Waals surface area (Å²) in [5.41, 5.74) is 0.0302. The molecule has 3 aliphatic heterocycles. The highest BCUT2D eigenvalue weighted by Crippen LogP contribution is 2.53. The molecule has 2 N–H and O–H groups in total. The van der Waals surface area contributed by atoms with Gasteiger partial charge >= 0.3 is 5.97 Å². The number of fused-ring (bicyclic) bond motifs is 1. The average molecular weight is 451 g/mol. The summed E-state index contributed by atoms with van der Waals surface area (Å²) in [4.78, 5) is 54.2. The zero-order valence-corrected chi connectivity index (χ0v) is 19.3. The van der Waals surface area contributed by atoms with E-state index < -0.39 is 12.0 Å². The van der Waals surface area contributed by atoms with E-state index in [1.165, 1.54) is 28.5 Å². The Bertz CT molecular complexity index is 857. The molecule has 0 aromatic carbocycles. The second-order valence-corrected chi connectivity index (χ2v) is 10.3. The fraction of sp³-hybridized carbons (Fsp3) is 0.667. The number of ketones is 1. The van der Waals surface area contributed by atoms with Crippen molar-refractivity contribution in [2.75, 3.05) is 20.6 Å². The Morgan fingerprint density at radius 2 is 2.00 bits per heavy atom. The molecule has 10 heteroatoms. The van der Waals surface area contributed by atoms with E-state index in [0.29, 0.717) is 24.3 Å². The van der Waals surface area contributed by atoms with Crippen molar-refractivity contribution in [3.8, 4) is 0 Å². The van der Waals surface area contributed by atoms with E-state index in [0.717, 1.165) is 6.34 Å². The van der Waals surface area contributed by atoms with Crippen LogP contribution in [0.3, 0.4) is 0 Å². The first kappa shape index (κ1) is 23.3. The Kier molecular flexibility index (Phi) is 6.50. The maximum absolute atomic E-state index is 12.8. The molecule has 2 saturated heterocycles. The molecule has 0 saturated carbocycles. The molecule has 3 rings (SSSR count). The molecule has 0 aromatic heterocycles. The van der Waals surface area contributed by atoms with Crippen molar-refractivity contribution in [2.24, 2.45) is 17.8 Å². The molecule has 31 heavy (non-hydrogen) atoms. The van der Waals surface area contributed by atoms with Crippen molar-refractivity contribution in [1.82, 2.24) is 14.7 Å². The molecule has 0 aromatic rings. The van der Waals surface area contributed by atoms with Gasteiger partial charge in [-0.1, -0.05) is 13.8 Å². The third-order valence-corrected chi connectivity index (χ3v) is 7.99. The molecule has 3 aliphatic rings. The van der Waals surface area contributed by atoms with Crippen molar-refractivity contribution in [1.29, 1.82) is 5.41 Å². The SMILES string of the molecule is CC(=O)C[C@H](C)[C@H]1C(=O)N2C(C(=O)O)=C(S[C@H]3C[C@@H](C(=O)N(C)C)N(C=N)C3)[C@H](C)[C@H]12. The molecular weight excluding hydrogens is 420 g/mol. The summed E-state index contributed by atoms with van der Waals surface area (Å²) < 4.78 is 0. The number of thioether (sulfide) groups is 1. The molecule has 2 amide bonds. The van der Waals surface area contributed by atoms with Gasteiger partial charge in [0.15, 0.2) is 0 Å². The Morgan fingerprint density at radius 3 is 2.52 bits per heavy atom. The molecule has 170 valence electrons. The van der Waals surface area contributed by atoms with Gasteiger partial charge in [0.25, 0.3) is 0 Å². The van der Waals surface area contributed by atoms with Crippen molar-refractivity contribution in [3.05, 3.63) is 10.6 Å². The molecule has 0 spiro atoms. The number of β-lactam (4-membered cyclic amide) rings is 1. The van der Waals surface area contributed by atoms with Gasteiger partial charge in [-0.25, -0.2) is 4.79 Å². The summed E-state index contributed by atoms with van der Waals surface area (Å²) in [7, 11) is 3.35. The summed E-state index contributed by atoms with van der Waals surface area (Å²) in [5.74, 6) is -2.11. The van der Waals surface area contributed by atoms with Gasteiger partial charge in [-0.3, -0.25) is 15.0 Å². The van der Waals surface area contributed by atoms with Crippen molar-refractivity contribution >= 4 is 41.7 Å². The summed E-state index contributed by atoms with van der Waals surface area (Å²) in [6, 6.07) is -0.701. The van der Waals surface area contributed by atoms with Gasteiger partial charge < -0.3 is 24.6 Å². The minimum Gasteiger partial charge on any atom is -0.477 e. The van der Waals surface area contributed by atoms with E-state index in [-0.39, 0.29) is 52.3 Å². The number of hydrogen-bond donors (Lipinski definition) is 2. The van der Waals surface area contributed by atoms with Crippen LogP contribution in [0.2, 0.25) is 0 Å². The maximum Gasteiger partial charge on any atom is 0.353 e. The van der Waals surface area contributed by atoms with Crippen LogP contribution in [0, 0.1) is 23.2 Å². The summed E-state index contributed by atoms with van der Waals surface area (Å²) >= 11 is 1.41. The third-order valence-electron chi connectivity index (χ3n) is 6.50. The second kappa shape index (κ2) is 8.64. The second-order valence-electron chi connectivity index (χ2n) is 8.96. The Hall–Kier alpha value is -2.36. The number of likely N-dealkylation sites (N-methyl/N-ethyl adjacent to an activating group) is 1. The van der Waals surface area contributed by atoms with Crippen molar-refractivity contribution in [2.45, 2.75) is 50.9 Å². The molecular formula is C21H30N4O5S. The number of rotatable bonds is 8. The van der Waals surface area contributed by atoms with E-state index in [9.17, 15) is 24.3 Å². The van der Waals surface area contributed by atoms with Crippen LogP contribution in [0.25, 0.3) is 0 Å². The van der Waals surface area contributed by atoms with Crippen molar-refractivity contribution in [3.63, 3.8) is 0 Å². The van der Waals surface area contributed by atoms with Gasteiger partial charge in [-0.05, 0) is 19.3 Å². The first-order valence-corrected chi connectivity index (χ1v) is 11.3. The summed E-state index contributed by atoms with van der Waals surface area (Å²) in [6.45, 7) is 5.76. The Morgan fingerprint density at radius 1 is 1.35 bits per heavy atom. The first-order chi connectivity index (χ1) is 14.5. The number of nitrogens with one attached hydrogen (secondary N) is 1. The minimum absolute atomic E-state index is 0.0136. The molecule has 0 radical (unpaired) electrons. The van der Waals surface area contributed by atoms with Crippen LogP contribution in [0.1, 0.15) is 33.6 Å². The van der Waals surface area contributed by atoms with E-state index in [4.69, 9.17) is 5.41 Å². The van der Waals surface area contributed by atoms with Gasteiger partial charge in [-0.15, -0.1) is 11.8 Å². The predicted octanol–water partition coefficient (Wildman–Crippen LogP) is 1.25. The lowest BCUT2D eigenvalue weighted by Gasteiger charge is -2.47. The smallest absolute Gasteiger partial charge is 0.353 e. The number of amides is 2. The average Bonchev–Trinajstić information content (AvgIpc) is 3.18. The van der Waals surface area contributed by atoms with Crippen LogP contribution in [0.5, 0.6) is 0 Å². The highest BCUT2D eigenvalue weighted by Gasteiger charge is 2.60. The minimum atomic E-state index is -1.13. The fourth-order valence-electron chi connectivity index (χ4n) is 5.12. The predicted molar refractivity (Wildman–Crippen MR) is 116 cm³/mol. The number of carboxylic acid groups (broad SMARTS) is 1. The van der Waals surface area contributed by atoms with E-state index in [2.05, 4.69) is 0 Å². The Balaban J connectivity index is 1.82. The largest absolute Gasteiger partial charge is 0.477 e. The molecule has 0 aliphatic carbocycles. The number of aliphatic carboxylic acids is 1. The maximum atomic E-state index is 12.8. The lowest BCUT2D eigenvalue weighted by molar-refractivity contribution is -0.160. The van der Waals surface area contributed by atoms with Gasteiger partial charge in [0.05, 0.1) is 18.3 Å².